The van der Waals surface area contributed by atoms with Gasteiger partial charge in [-0.15, -0.1) is 5.10 Å². The van der Waals surface area contributed by atoms with Gasteiger partial charge in [0.15, 0.2) is 0 Å². The van der Waals surface area contributed by atoms with E-state index in [-0.39, 0.29) is 11.1 Å². The van der Waals surface area contributed by atoms with Gasteiger partial charge in [0.1, 0.15) is 5.52 Å². The summed E-state index contributed by atoms with van der Waals surface area (Å²) < 4.78 is 1.36. The van der Waals surface area contributed by atoms with Gasteiger partial charge in [-0.3, -0.25) is 4.79 Å². The van der Waals surface area contributed by atoms with E-state index >= 15 is 0 Å². The van der Waals surface area contributed by atoms with E-state index in [9.17, 15) is 4.79 Å². The molecule has 0 aliphatic rings. The first-order valence-electron chi connectivity index (χ1n) is 6.61. The summed E-state index contributed by atoms with van der Waals surface area (Å²) in [6, 6.07) is 7.21. The molecule has 106 valence electrons. The van der Waals surface area contributed by atoms with E-state index in [1.54, 1.807) is 12.1 Å². The largest absolute Gasteiger partial charge is 0.308 e. The van der Waals surface area contributed by atoms with Gasteiger partial charge in [-0.25, -0.2) is 4.68 Å². The Labute approximate surface area is 118 Å². The fraction of sp³-hybridized carbons (Fsp3) is 0.400. The Morgan fingerprint density at radius 2 is 2.05 bits per heavy atom. The molecular weight excluding hydrogens is 252 g/mol. The molecule has 1 heterocycles. The van der Waals surface area contributed by atoms with Crippen molar-refractivity contribution in [2.45, 2.75) is 32.9 Å². The Morgan fingerprint density at radius 3 is 2.75 bits per heavy atom. The lowest BCUT2D eigenvalue weighted by Gasteiger charge is -2.21. The summed E-state index contributed by atoms with van der Waals surface area (Å²) in [5, 5.41) is 11.9. The normalized spacial score (nSPS) is 11.8. The highest BCUT2D eigenvalue weighted by Gasteiger charge is 2.10. The summed E-state index contributed by atoms with van der Waals surface area (Å²) in [5.74, 6) is 0. The highest BCUT2D eigenvalue weighted by molar-refractivity contribution is 5.76. The van der Waals surface area contributed by atoms with Gasteiger partial charge in [0.05, 0.1) is 11.9 Å². The van der Waals surface area contributed by atoms with Gasteiger partial charge >= 0.3 is 0 Å². The molecule has 1 aromatic carbocycles. The SMILES string of the molecule is C=C(CNC(C)(C)C)Cn1nnc2ccccc2c1=O. The molecule has 0 aliphatic heterocycles. The molecule has 0 atom stereocenters. The van der Waals surface area contributed by atoms with Gasteiger partial charge in [-0.2, -0.15) is 0 Å². The molecule has 2 aromatic rings. The van der Waals surface area contributed by atoms with E-state index in [1.807, 2.05) is 12.1 Å². The molecule has 0 spiro atoms. The summed E-state index contributed by atoms with van der Waals surface area (Å²) in [6.07, 6.45) is 0. The third-order valence-corrected chi connectivity index (χ3v) is 2.87. The minimum Gasteiger partial charge on any atom is -0.308 e. The lowest BCUT2D eigenvalue weighted by Crippen LogP contribution is -2.38. The highest BCUT2D eigenvalue weighted by atomic mass is 16.1. The number of hydrogen-bond donors (Lipinski definition) is 1. The van der Waals surface area contributed by atoms with Crippen molar-refractivity contribution in [3.05, 3.63) is 46.8 Å². The Balaban J connectivity index is 2.16. The smallest absolute Gasteiger partial charge is 0.277 e. The first kappa shape index (κ1) is 14.4. The van der Waals surface area contributed by atoms with Crippen molar-refractivity contribution in [3.8, 4) is 0 Å². The van der Waals surface area contributed by atoms with Crippen molar-refractivity contribution >= 4 is 10.9 Å². The van der Waals surface area contributed by atoms with Crippen LogP contribution in [0, 0.1) is 0 Å². The molecule has 2 rings (SSSR count). The van der Waals surface area contributed by atoms with Crippen LogP contribution in [0.15, 0.2) is 41.2 Å². The molecule has 0 radical (unpaired) electrons. The topological polar surface area (TPSA) is 59.8 Å². The number of nitrogens with one attached hydrogen (secondary N) is 1. The molecule has 20 heavy (non-hydrogen) atoms. The lowest BCUT2D eigenvalue weighted by molar-refractivity contribution is 0.436. The van der Waals surface area contributed by atoms with Crippen molar-refractivity contribution in [3.63, 3.8) is 0 Å². The van der Waals surface area contributed by atoms with Gasteiger partial charge in [-0.05, 0) is 38.5 Å². The Bertz CT molecular complexity index is 682. The first-order valence-corrected chi connectivity index (χ1v) is 6.61. The standard InChI is InChI=1S/C15H20N4O/c1-11(9-16-15(2,3)4)10-19-14(20)12-7-5-6-8-13(12)17-18-19/h5-8,16H,1,9-10H2,2-4H3. The van der Waals surface area contributed by atoms with E-state index in [1.165, 1.54) is 4.68 Å². The van der Waals surface area contributed by atoms with Crippen LogP contribution in [-0.4, -0.2) is 27.1 Å². The van der Waals surface area contributed by atoms with Crippen LogP contribution < -0.4 is 10.9 Å². The van der Waals surface area contributed by atoms with Crippen molar-refractivity contribution in [1.82, 2.24) is 20.3 Å². The summed E-state index contributed by atoms with van der Waals surface area (Å²) >= 11 is 0. The number of benzene rings is 1. The Hall–Kier alpha value is -2.01. The highest BCUT2D eigenvalue weighted by Crippen LogP contribution is 2.05. The fourth-order valence-corrected chi connectivity index (χ4v) is 1.78. The second-order valence-corrected chi connectivity index (χ2v) is 5.92. The Kier molecular flexibility index (Phi) is 3.99. The van der Waals surface area contributed by atoms with Gasteiger partial charge in [0.2, 0.25) is 0 Å². The van der Waals surface area contributed by atoms with Crippen molar-refractivity contribution in [1.29, 1.82) is 0 Å². The van der Waals surface area contributed by atoms with Crippen LogP contribution in [0.2, 0.25) is 0 Å². The number of hydrogen-bond acceptors (Lipinski definition) is 4. The molecule has 0 unspecified atom stereocenters. The van der Waals surface area contributed by atoms with Crippen LogP contribution in [0.4, 0.5) is 0 Å². The zero-order valence-electron chi connectivity index (χ0n) is 12.2. The fourth-order valence-electron chi connectivity index (χ4n) is 1.78. The molecule has 0 saturated carbocycles. The van der Waals surface area contributed by atoms with Gasteiger partial charge < -0.3 is 5.32 Å². The van der Waals surface area contributed by atoms with Gasteiger partial charge in [-0.1, -0.05) is 23.9 Å². The molecule has 0 bridgehead atoms. The molecule has 1 N–H and O–H groups in total. The molecule has 0 aliphatic carbocycles. The second-order valence-electron chi connectivity index (χ2n) is 5.92. The van der Waals surface area contributed by atoms with Crippen LogP contribution in [0.3, 0.4) is 0 Å². The lowest BCUT2D eigenvalue weighted by atomic mass is 10.1. The van der Waals surface area contributed by atoms with E-state index in [4.69, 9.17) is 0 Å². The van der Waals surface area contributed by atoms with Crippen LogP contribution in [-0.2, 0) is 6.54 Å². The number of nitrogens with zero attached hydrogens (tertiary/aromatic N) is 3. The average Bonchev–Trinajstić information content (AvgIpc) is 2.39. The molecular formula is C15H20N4O. The van der Waals surface area contributed by atoms with E-state index in [2.05, 4.69) is 43.0 Å². The minimum atomic E-state index is -0.132. The molecule has 0 fully saturated rings. The maximum Gasteiger partial charge on any atom is 0.277 e. The van der Waals surface area contributed by atoms with E-state index in [0.29, 0.717) is 24.0 Å². The monoisotopic (exact) mass is 272 g/mol. The van der Waals surface area contributed by atoms with Crippen molar-refractivity contribution in [2.75, 3.05) is 6.54 Å². The Morgan fingerprint density at radius 1 is 1.35 bits per heavy atom. The quantitative estimate of drug-likeness (QED) is 0.861. The van der Waals surface area contributed by atoms with Gasteiger partial charge in [0, 0.05) is 12.1 Å². The van der Waals surface area contributed by atoms with Crippen molar-refractivity contribution in [2.24, 2.45) is 0 Å². The second kappa shape index (κ2) is 5.54. The van der Waals surface area contributed by atoms with Crippen LogP contribution in [0.1, 0.15) is 20.8 Å². The minimum absolute atomic E-state index is 0.0168. The van der Waals surface area contributed by atoms with Gasteiger partial charge in [0.25, 0.3) is 5.56 Å². The number of fused-ring (bicyclic) bond motifs is 1. The number of aromatic nitrogens is 3. The van der Waals surface area contributed by atoms with E-state index in [0.717, 1.165) is 5.57 Å². The first-order chi connectivity index (χ1) is 9.37. The molecule has 5 heteroatoms. The summed E-state index contributed by atoms with van der Waals surface area (Å²) in [5.41, 5.74) is 1.40. The summed E-state index contributed by atoms with van der Waals surface area (Å²) in [4.78, 5) is 12.3. The number of rotatable bonds is 4. The molecule has 1 aromatic heterocycles. The summed E-state index contributed by atoms with van der Waals surface area (Å²) in [7, 11) is 0. The molecule has 0 amide bonds. The zero-order chi connectivity index (χ0) is 14.8. The maximum atomic E-state index is 12.3. The van der Waals surface area contributed by atoms with Crippen LogP contribution in [0.25, 0.3) is 10.9 Å². The van der Waals surface area contributed by atoms with Crippen LogP contribution in [0.5, 0.6) is 0 Å². The molecule has 5 nitrogen and oxygen atoms in total. The predicted molar refractivity (Wildman–Crippen MR) is 80.7 cm³/mol. The third kappa shape index (κ3) is 3.51. The van der Waals surface area contributed by atoms with Crippen molar-refractivity contribution < 1.29 is 0 Å². The molecule has 0 saturated heterocycles. The predicted octanol–water partition coefficient (Wildman–Crippen LogP) is 1.74. The average molecular weight is 272 g/mol. The van der Waals surface area contributed by atoms with E-state index < -0.39 is 0 Å². The third-order valence-electron chi connectivity index (χ3n) is 2.87. The zero-order valence-corrected chi connectivity index (χ0v) is 12.2. The van der Waals surface area contributed by atoms with Crippen LogP contribution >= 0.6 is 0 Å². The summed E-state index contributed by atoms with van der Waals surface area (Å²) in [6.45, 7) is 11.3. The maximum absolute atomic E-state index is 12.3.